The van der Waals surface area contributed by atoms with E-state index >= 15 is 0 Å². The number of allylic oxidation sites excluding steroid dienone is 4. The normalized spacial score (nSPS) is 23.6. The minimum atomic E-state index is -3.27. The Morgan fingerprint density at radius 3 is 2.50 bits per heavy atom. The van der Waals surface area contributed by atoms with E-state index in [1.807, 2.05) is 10.5 Å². The van der Waals surface area contributed by atoms with Crippen LogP contribution in [0.5, 0.6) is 0 Å². The van der Waals surface area contributed by atoms with Gasteiger partial charge in [0.2, 0.25) is 0 Å². The molecule has 0 fully saturated rings. The van der Waals surface area contributed by atoms with Gasteiger partial charge in [0.1, 0.15) is 0 Å². The third-order valence-electron chi connectivity index (χ3n) is 1.91. The zero-order valence-electron chi connectivity index (χ0n) is 7.72. The molecular formula is C8H9NO2SW2. The van der Waals surface area contributed by atoms with E-state index in [-0.39, 0.29) is 0 Å². The molecule has 0 saturated heterocycles. The Morgan fingerprint density at radius 1 is 1.50 bits per heavy atom. The fourth-order valence-electron chi connectivity index (χ4n) is 1.11. The molecule has 0 unspecified atom stereocenters. The van der Waals surface area contributed by atoms with Gasteiger partial charge in [-0.1, -0.05) is 0 Å². The molecule has 0 atom stereocenters. The van der Waals surface area contributed by atoms with Gasteiger partial charge >= 0.3 is 106 Å². The molecule has 3 nitrogen and oxygen atoms in total. The molecule has 0 aromatic rings. The van der Waals surface area contributed by atoms with Crippen molar-refractivity contribution in [3.05, 3.63) is 22.8 Å². The first-order valence-corrected chi connectivity index (χ1v) is 8.41. The van der Waals surface area contributed by atoms with Gasteiger partial charge in [-0.3, -0.25) is 0 Å². The summed E-state index contributed by atoms with van der Waals surface area (Å²) in [5.41, 5.74) is 0.774. The summed E-state index contributed by atoms with van der Waals surface area (Å²) in [6, 6.07) is 0. The molecule has 14 heavy (non-hydrogen) atoms. The molecule has 0 radical (unpaired) electrons. The van der Waals surface area contributed by atoms with E-state index in [0.29, 0.717) is 4.91 Å². The van der Waals surface area contributed by atoms with E-state index < -0.39 is 10.0 Å². The summed E-state index contributed by atoms with van der Waals surface area (Å²) in [4.78, 5) is 0.440. The summed E-state index contributed by atoms with van der Waals surface area (Å²) in [6.07, 6.45) is 3.59. The van der Waals surface area contributed by atoms with Crippen LogP contribution in [0.1, 0.15) is 6.92 Å². The monoisotopic (exact) mass is 551 g/mol. The Kier molecular flexibility index (Phi) is 3.96. The molecule has 0 bridgehead atoms. The van der Waals surface area contributed by atoms with Crippen LogP contribution >= 0.6 is 0 Å². The van der Waals surface area contributed by atoms with Gasteiger partial charge in [0, 0.05) is 0 Å². The molecule has 0 N–H and O–H groups in total. The van der Waals surface area contributed by atoms with Crippen LogP contribution in [0.25, 0.3) is 0 Å². The van der Waals surface area contributed by atoms with E-state index in [1.165, 1.54) is 43.0 Å². The van der Waals surface area contributed by atoms with Crippen LogP contribution in [0.2, 0.25) is 0 Å². The van der Waals surface area contributed by atoms with Crippen molar-refractivity contribution in [2.24, 2.45) is 0 Å². The van der Waals surface area contributed by atoms with Gasteiger partial charge in [0.15, 0.2) is 0 Å². The molecule has 76 valence electrons. The van der Waals surface area contributed by atoms with Crippen LogP contribution in [0.3, 0.4) is 0 Å². The maximum absolute atomic E-state index is 11.9. The third-order valence-corrected chi connectivity index (χ3v) is 6.44. The molecule has 0 amide bonds. The van der Waals surface area contributed by atoms with Gasteiger partial charge in [0.25, 0.3) is 0 Å². The predicted molar refractivity (Wildman–Crippen MR) is 49.6 cm³/mol. The number of hydrogen-bond acceptors (Lipinski definition) is 2. The summed E-state index contributed by atoms with van der Waals surface area (Å²) >= 11 is 2.43. The molecule has 0 saturated carbocycles. The summed E-state index contributed by atoms with van der Waals surface area (Å²) < 4.78 is 27.9. The molecular weight excluding hydrogens is 542 g/mol. The zero-order chi connectivity index (χ0) is 10.9. The molecule has 1 rings (SSSR count). The Bertz CT molecular complexity index is 448. The quantitative estimate of drug-likeness (QED) is 0.465. The summed E-state index contributed by atoms with van der Waals surface area (Å²) in [5.74, 6) is 0. The number of hydrogen-bond donors (Lipinski definition) is 0. The second-order valence-electron chi connectivity index (χ2n) is 2.68. The summed E-state index contributed by atoms with van der Waals surface area (Å²) in [7, 11) is -1.68. The van der Waals surface area contributed by atoms with E-state index in [0.717, 1.165) is 9.59 Å². The molecule has 0 aliphatic carbocycles. The van der Waals surface area contributed by atoms with E-state index in [9.17, 15) is 8.42 Å². The van der Waals surface area contributed by atoms with E-state index in [4.69, 9.17) is 0 Å². The zero-order valence-corrected chi connectivity index (χ0v) is 14.4. The second-order valence-corrected chi connectivity index (χ2v) is 7.04. The van der Waals surface area contributed by atoms with Gasteiger partial charge in [-0.15, -0.1) is 0 Å². The van der Waals surface area contributed by atoms with Gasteiger partial charge < -0.3 is 0 Å². The first kappa shape index (κ1) is 12.4. The molecule has 0 aromatic carbocycles. The number of nitrogens with zero attached hydrogens (tertiary/aromatic N) is 1. The van der Waals surface area contributed by atoms with Crippen molar-refractivity contribution in [2.75, 3.05) is 7.05 Å². The first-order valence-electron chi connectivity index (χ1n) is 3.81. The Balaban J connectivity index is 3.46. The Morgan fingerprint density at radius 2 is 2.07 bits per heavy atom. The van der Waals surface area contributed by atoms with E-state index in [2.05, 4.69) is 0 Å². The van der Waals surface area contributed by atoms with Crippen LogP contribution < -0.4 is 0 Å². The van der Waals surface area contributed by atoms with Crippen LogP contribution in [-0.2, 0) is 48.7 Å². The average Bonchev–Trinajstić information content (AvgIpc) is 2.12. The van der Waals surface area contributed by atoms with Crippen molar-refractivity contribution in [1.82, 2.24) is 4.31 Å². The van der Waals surface area contributed by atoms with Crippen molar-refractivity contribution < 1.29 is 47.1 Å². The number of rotatable bonds is 1. The van der Waals surface area contributed by atoms with Crippen molar-refractivity contribution >= 4 is 18.3 Å². The van der Waals surface area contributed by atoms with Crippen LogP contribution in [-0.4, -0.2) is 28.1 Å². The van der Waals surface area contributed by atoms with Crippen LogP contribution in [0.4, 0.5) is 0 Å². The molecule has 0 spiro atoms. The molecule has 1 heterocycles. The van der Waals surface area contributed by atoms with Gasteiger partial charge in [-0.25, -0.2) is 0 Å². The van der Waals surface area contributed by atoms with Crippen molar-refractivity contribution in [3.8, 4) is 0 Å². The Hall–Kier alpha value is 0.347. The predicted octanol–water partition coefficient (Wildman–Crippen LogP) is 0.118. The maximum atomic E-state index is 11.9. The average molecular weight is 551 g/mol. The Labute approximate surface area is 106 Å². The van der Waals surface area contributed by atoms with Crippen LogP contribution in [0, 0.1) is 0 Å². The topological polar surface area (TPSA) is 37.4 Å². The summed E-state index contributed by atoms with van der Waals surface area (Å²) in [6.45, 7) is 1.75. The SMILES string of the molecule is CC=C1[C](=[W])C=C([CH]=[W])N(C)S1(=O)=O. The fourth-order valence-corrected chi connectivity index (χ4v) is 5.47. The molecule has 0 aromatic heterocycles. The van der Waals surface area contributed by atoms with Crippen LogP contribution in [0.15, 0.2) is 22.8 Å². The summed E-state index contributed by atoms with van der Waals surface area (Å²) in [5, 5.41) is 0. The molecule has 1 aliphatic heterocycles. The second kappa shape index (κ2) is 4.46. The van der Waals surface area contributed by atoms with Gasteiger partial charge in [0.05, 0.1) is 0 Å². The van der Waals surface area contributed by atoms with Crippen molar-refractivity contribution in [2.45, 2.75) is 6.92 Å². The minimum absolute atomic E-state index is 0.440. The van der Waals surface area contributed by atoms with Crippen molar-refractivity contribution in [1.29, 1.82) is 0 Å². The number of sulfonamides is 1. The molecule has 1 aliphatic rings. The first-order chi connectivity index (χ1) is 6.45. The fraction of sp³-hybridized carbons (Fsp3) is 0.250. The van der Waals surface area contributed by atoms with Crippen molar-refractivity contribution in [3.63, 3.8) is 0 Å². The van der Waals surface area contributed by atoms with Gasteiger partial charge in [-0.2, -0.15) is 0 Å². The third kappa shape index (κ3) is 1.98. The molecule has 6 heteroatoms. The van der Waals surface area contributed by atoms with Gasteiger partial charge in [-0.05, 0) is 0 Å². The standard InChI is InChI=1S/C8H9NO2S.2W/c1-4-8-6-5-7(2)9(3)12(8,10)11;;/h2,4-5H,1,3H3;;. The van der Waals surface area contributed by atoms with E-state index in [1.54, 1.807) is 20.0 Å².